The largest absolute Gasteiger partial charge is 0.396 e. The number of anilines is 1. The molecule has 5 heteroatoms. The Hall–Kier alpha value is -1.10. The van der Waals surface area contributed by atoms with Crippen LogP contribution >= 0.6 is 0 Å². The van der Waals surface area contributed by atoms with Crippen LogP contribution in [0.1, 0.15) is 38.9 Å². The Morgan fingerprint density at radius 2 is 2.17 bits per heavy atom. The van der Waals surface area contributed by atoms with E-state index >= 15 is 0 Å². The quantitative estimate of drug-likeness (QED) is 0.868. The summed E-state index contributed by atoms with van der Waals surface area (Å²) in [5, 5.41) is 12.9. The fourth-order valence-corrected chi connectivity index (χ4v) is 2.62. The molecule has 1 saturated heterocycles. The van der Waals surface area contributed by atoms with Crippen molar-refractivity contribution in [2.24, 2.45) is 11.8 Å². The van der Waals surface area contributed by atoms with Crippen LogP contribution in [0, 0.1) is 11.8 Å². The van der Waals surface area contributed by atoms with Crippen molar-refractivity contribution in [2.75, 3.05) is 24.6 Å². The molecule has 18 heavy (non-hydrogen) atoms. The first-order chi connectivity index (χ1) is 8.74. The van der Waals surface area contributed by atoms with Gasteiger partial charge >= 0.3 is 6.01 Å². The lowest BCUT2D eigenvalue weighted by Crippen LogP contribution is -2.36. The van der Waals surface area contributed by atoms with Gasteiger partial charge in [0.05, 0.1) is 0 Å². The van der Waals surface area contributed by atoms with Gasteiger partial charge in [-0.3, -0.25) is 0 Å². The van der Waals surface area contributed by atoms with Crippen LogP contribution in [0.3, 0.4) is 0 Å². The van der Waals surface area contributed by atoms with Crippen molar-refractivity contribution in [3.63, 3.8) is 0 Å². The van der Waals surface area contributed by atoms with Crippen LogP contribution in [0.15, 0.2) is 4.52 Å². The summed E-state index contributed by atoms with van der Waals surface area (Å²) < 4.78 is 5.26. The molecule has 0 radical (unpaired) electrons. The third-order valence-corrected chi connectivity index (χ3v) is 3.97. The molecule has 1 N–H and O–H groups in total. The predicted octanol–water partition coefficient (Wildman–Crippen LogP) is 1.87. The van der Waals surface area contributed by atoms with Crippen LogP contribution in [-0.2, 0) is 6.42 Å². The maximum atomic E-state index is 8.98. The highest BCUT2D eigenvalue weighted by Crippen LogP contribution is 2.28. The topological polar surface area (TPSA) is 62.4 Å². The zero-order valence-electron chi connectivity index (χ0n) is 11.3. The molecule has 1 fully saturated rings. The maximum absolute atomic E-state index is 8.98. The molecule has 1 aliphatic rings. The van der Waals surface area contributed by atoms with Gasteiger partial charge < -0.3 is 14.5 Å². The van der Waals surface area contributed by atoms with Gasteiger partial charge in [-0.15, -0.1) is 0 Å². The third-order valence-electron chi connectivity index (χ3n) is 3.97. The van der Waals surface area contributed by atoms with E-state index < -0.39 is 0 Å². The number of aryl methyl sites for hydroxylation is 1. The second kappa shape index (κ2) is 6.18. The Balaban J connectivity index is 1.86. The lowest BCUT2D eigenvalue weighted by atomic mass is 9.84. The Morgan fingerprint density at radius 3 is 2.72 bits per heavy atom. The summed E-state index contributed by atoms with van der Waals surface area (Å²) in [7, 11) is 0. The van der Waals surface area contributed by atoms with E-state index in [-0.39, 0.29) is 0 Å². The number of rotatable bonds is 5. The van der Waals surface area contributed by atoms with E-state index in [1.807, 2.05) is 6.92 Å². The number of piperidine rings is 1. The average molecular weight is 253 g/mol. The molecular formula is C13H23N3O2. The van der Waals surface area contributed by atoms with Crippen molar-refractivity contribution in [3.05, 3.63) is 5.82 Å². The van der Waals surface area contributed by atoms with Crippen LogP contribution in [0.5, 0.6) is 0 Å². The van der Waals surface area contributed by atoms with Gasteiger partial charge in [0.15, 0.2) is 5.82 Å². The van der Waals surface area contributed by atoms with E-state index in [1.165, 1.54) is 0 Å². The highest BCUT2D eigenvalue weighted by atomic mass is 16.5. The minimum Gasteiger partial charge on any atom is -0.396 e. The number of hydrogen-bond donors (Lipinski definition) is 1. The first-order valence-electron chi connectivity index (χ1n) is 6.93. The lowest BCUT2D eigenvalue weighted by Gasteiger charge is -2.33. The molecule has 0 saturated carbocycles. The molecule has 0 aromatic carbocycles. The molecule has 1 aliphatic heterocycles. The van der Waals surface area contributed by atoms with Crippen molar-refractivity contribution in [1.29, 1.82) is 0 Å². The van der Waals surface area contributed by atoms with Crippen molar-refractivity contribution >= 4 is 6.01 Å². The Kier molecular flexibility index (Phi) is 4.58. The minimum absolute atomic E-state index is 0.297. The van der Waals surface area contributed by atoms with E-state index in [9.17, 15) is 0 Å². The normalized spacial score (nSPS) is 19.2. The summed E-state index contributed by atoms with van der Waals surface area (Å²) >= 11 is 0. The van der Waals surface area contributed by atoms with Crippen LogP contribution in [0.2, 0.25) is 0 Å². The van der Waals surface area contributed by atoms with Gasteiger partial charge in [0.25, 0.3) is 0 Å². The van der Waals surface area contributed by atoms with E-state index in [2.05, 4.69) is 22.0 Å². The zero-order chi connectivity index (χ0) is 13.0. The number of hydrogen-bond acceptors (Lipinski definition) is 5. The summed E-state index contributed by atoms with van der Waals surface area (Å²) in [6.07, 6.45) is 4.01. The smallest absolute Gasteiger partial charge is 0.324 e. The van der Waals surface area contributed by atoms with Gasteiger partial charge in [-0.2, -0.15) is 4.98 Å². The fraction of sp³-hybridized carbons (Fsp3) is 0.846. The first-order valence-corrected chi connectivity index (χ1v) is 6.93. The maximum Gasteiger partial charge on any atom is 0.324 e. The van der Waals surface area contributed by atoms with Gasteiger partial charge in [0, 0.05) is 26.1 Å². The highest BCUT2D eigenvalue weighted by molar-refractivity contribution is 5.25. The number of nitrogens with zero attached hydrogens (tertiary/aromatic N) is 3. The summed E-state index contributed by atoms with van der Waals surface area (Å²) in [5.74, 6) is 2.09. The third kappa shape index (κ3) is 3.02. The Morgan fingerprint density at radius 1 is 1.44 bits per heavy atom. The summed E-state index contributed by atoms with van der Waals surface area (Å²) in [4.78, 5) is 6.54. The summed E-state index contributed by atoms with van der Waals surface area (Å²) in [6, 6.07) is 0.667. The van der Waals surface area contributed by atoms with Gasteiger partial charge in [-0.25, -0.2) is 0 Å². The van der Waals surface area contributed by atoms with Crippen molar-refractivity contribution < 1.29 is 9.63 Å². The molecule has 0 spiro atoms. The molecule has 2 rings (SSSR count). The first kappa shape index (κ1) is 13.3. The Labute approximate surface area is 108 Å². The molecule has 1 unspecified atom stereocenters. The van der Waals surface area contributed by atoms with Gasteiger partial charge in [-0.1, -0.05) is 19.0 Å². The van der Waals surface area contributed by atoms with Crippen molar-refractivity contribution in [1.82, 2.24) is 10.1 Å². The van der Waals surface area contributed by atoms with Gasteiger partial charge in [-0.05, 0) is 31.1 Å². The monoisotopic (exact) mass is 253 g/mol. The van der Waals surface area contributed by atoms with Gasteiger partial charge in [0.2, 0.25) is 0 Å². The second-order valence-electron chi connectivity index (χ2n) is 5.16. The zero-order valence-corrected chi connectivity index (χ0v) is 11.3. The summed E-state index contributed by atoms with van der Waals surface area (Å²) in [5.41, 5.74) is 0. The van der Waals surface area contributed by atoms with Crippen molar-refractivity contribution in [3.8, 4) is 0 Å². The molecule has 0 aliphatic carbocycles. The average Bonchev–Trinajstić information content (AvgIpc) is 2.88. The predicted molar refractivity (Wildman–Crippen MR) is 69.5 cm³/mol. The second-order valence-corrected chi connectivity index (χ2v) is 5.16. The van der Waals surface area contributed by atoms with Crippen LogP contribution in [0.4, 0.5) is 6.01 Å². The molecule has 1 aromatic heterocycles. The molecule has 2 heterocycles. The molecule has 1 aromatic rings. The van der Waals surface area contributed by atoms with E-state index in [4.69, 9.17) is 9.63 Å². The van der Waals surface area contributed by atoms with Crippen molar-refractivity contribution in [2.45, 2.75) is 39.5 Å². The fourth-order valence-electron chi connectivity index (χ4n) is 2.62. The Bertz CT molecular complexity index is 359. The number of aliphatic hydroxyl groups is 1. The number of aromatic nitrogens is 2. The molecule has 0 bridgehead atoms. The van der Waals surface area contributed by atoms with Gasteiger partial charge in [0.1, 0.15) is 0 Å². The molecule has 0 amide bonds. The van der Waals surface area contributed by atoms with Crippen LogP contribution in [-0.4, -0.2) is 34.9 Å². The van der Waals surface area contributed by atoms with E-state index in [0.29, 0.717) is 24.5 Å². The summed E-state index contributed by atoms with van der Waals surface area (Å²) in [6.45, 7) is 6.51. The van der Waals surface area contributed by atoms with Crippen LogP contribution < -0.4 is 4.90 Å². The molecule has 1 atom stereocenters. The SMILES string of the molecule is CCc1noc(N2CCC(C(C)CCO)CC2)n1. The molecule has 5 nitrogen and oxygen atoms in total. The van der Waals surface area contributed by atoms with E-state index in [1.54, 1.807) is 0 Å². The lowest BCUT2D eigenvalue weighted by molar-refractivity contribution is 0.208. The van der Waals surface area contributed by atoms with Crippen LogP contribution in [0.25, 0.3) is 0 Å². The molecule has 102 valence electrons. The highest BCUT2D eigenvalue weighted by Gasteiger charge is 2.25. The minimum atomic E-state index is 0.297. The standard InChI is InChI=1S/C13H23N3O2/c1-3-12-14-13(18-15-12)16-7-4-11(5-8-16)10(2)6-9-17/h10-11,17H,3-9H2,1-2H3. The number of aliphatic hydroxyl groups excluding tert-OH is 1. The molecular weight excluding hydrogens is 230 g/mol. The van der Waals surface area contributed by atoms with E-state index in [0.717, 1.165) is 44.6 Å².